The van der Waals surface area contributed by atoms with Crippen LogP contribution in [-0.4, -0.2) is 66.8 Å². The summed E-state index contributed by atoms with van der Waals surface area (Å²) in [6.07, 6.45) is 4.47. The second-order valence-corrected chi connectivity index (χ2v) is 6.25. The van der Waals surface area contributed by atoms with Crippen molar-refractivity contribution in [2.75, 3.05) is 45.2 Å². The maximum absolute atomic E-state index is 12.3. The molecule has 3 rings (SSSR count). The summed E-state index contributed by atoms with van der Waals surface area (Å²) < 4.78 is 5.80. The third kappa shape index (κ3) is 4.42. The van der Waals surface area contributed by atoms with Crippen LogP contribution >= 0.6 is 0 Å². The van der Waals surface area contributed by atoms with Crippen LogP contribution in [0.3, 0.4) is 0 Å². The number of anilines is 1. The Hall–Kier alpha value is -1.66. The van der Waals surface area contributed by atoms with Gasteiger partial charge in [-0.1, -0.05) is 6.07 Å². The highest BCUT2D eigenvalue weighted by Gasteiger charge is 2.28. The number of hydrogen-bond acceptors (Lipinski definition) is 4. The Bertz CT molecular complexity index is 492. The standard InChI is InChI=1S/C16H24N4O2/c1-19(10-13-5-6-13)11-14-12-20(8-9-22-14)16(21)18-15-4-2-3-7-17-15/h2-4,7,13-14H,5-6,8-12H2,1H3,(H,17,18,21)/t14-/m0/s1. The third-order valence-electron chi connectivity index (χ3n) is 4.11. The van der Waals surface area contributed by atoms with Crippen molar-refractivity contribution in [2.24, 2.45) is 5.92 Å². The number of hydrogen-bond donors (Lipinski definition) is 1. The average Bonchev–Trinajstić information content (AvgIpc) is 3.32. The van der Waals surface area contributed by atoms with Gasteiger partial charge in [0.25, 0.3) is 0 Å². The van der Waals surface area contributed by atoms with Gasteiger partial charge in [0, 0.05) is 32.4 Å². The number of aromatic nitrogens is 1. The summed E-state index contributed by atoms with van der Waals surface area (Å²) in [5.41, 5.74) is 0. The second kappa shape index (κ2) is 7.07. The predicted octanol–water partition coefficient (Wildman–Crippen LogP) is 1.66. The molecule has 0 spiro atoms. The van der Waals surface area contributed by atoms with Gasteiger partial charge >= 0.3 is 6.03 Å². The van der Waals surface area contributed by atoms with Crippen molar-refractivity contribution in [1.82, 2.24) is 14.8 Å². The molecule has 2 heterocycles. The van der Waals surface area contributed by atoms with Gasteiger partial charge in [-0.3, -0.25) is 5.32 Å². The molecule has 1 N–H and O–H groups in total. The molecule has 1 aromatic heterocycles. The number of carbonyl (C=O) groups excluding carboxylic acids is 1. The molecule has 6 heteroatoms. The van der Waals surface area contributed by atoms with Gasteiger partial charge in [-0.2, -0.15) is 0 Å². The lowest BCUT2D eigenvalue weighted by Crippen LogP contribution is -2.50. The van der Waals surface area contributed by atoms with Crippen LogP contribution in [0.25, 0.3) is 0 Å². The molecule has 1 aromatic rings. The lowest BCUT2D eigenvalue weighted by Gasteiger charge is -2.34. The number of urea groups is 1. The van der Waals surface area contributed by atoms with E-state index in [9.17, 15) is 4.79 Å². The fourth-order valence-corrected chi connectivity index (χ4v) is 2.80. The van der Waals surface area contributed by atoms with E-state index in [1.165, 1.54) is 12.8 Å². The molecule has 22 heavy (non-hydrogen) atoms. The van der Waals surface area contributed by atoms with E-state index in [4.69, 9.17) is 4.74 Å². The minimum atomic E-state index is -0.100. The van der Waals surface area contributed by atoms with E-state index in [1.807, 2.05) is 17.0 Å². The zero-order chi connectivity index (χ0) is 15.4. The number of rotatable bonds is 5. The van der Waals surface area contributed by atoms with Gasteiger partial charge in [0.2, 0.25) is 0 Å². The number of nitrogens with one attached hydrogen (secondary N) is 1. The number of carbonyl (C=O) groups is 1. The molecule has 2 fully saturated rings. The van der Waals surface area contributed by atoms with E-state index in [0.717, 1.165) is 19.0 Å². The number of amides is 2. The first kappa shape index (κ1) is 15.2. The highest BCUT2D eigenvalue weighted by molar-refractivity contribution is 5.88. The molecule has 1 aliphatic heterocycles. The Morgan fingerprint density at radius 2 is 2.32 bits per heavy atom. The molecular weight excluding hydrogens is 280 g/mol. The van der Waals surface area contributed by atoms with Gasteiger partial charge in [0.15, 0.2) is 0 Å². The Labute approximate surface area is 131 Å². The zero-order valence-electron chi connectivity index (χ0n) is 13.1. The third-order valence-corrected chi connectivity index (χ3v) is 4.11. The Morgan fingerprint density at radius 3 is 3.05 bits per heavy atom. The molecule has 1 saturated heterocycles. The zero-order valence-corrected chi connectivity index (χ0v) is 13.1. The van der Waals surface area contributed by atoms with Crippen molar-refractivity contribution < 1.29 is 9.53 Å². The molecule has 2 amide bonds. The summed E-state index contributed by atoms with van der Waals surface area (Å²) in [4.78, 5) is 20.5. The molecule has 0 aromatic carbocycles. The van der Waals surface area contributed by atoms with Gasteiger partial charge in [-0.05, 0) is 37.9 Å². The van der Waals surface area contributed by atoms with Crippen LogP contribution in [-0.2, 0) is 4.74 Å². The summed E-state index contributed by atoms with van der Waals surface area (Å²) in [5.74, 6) is 1.46. The average molecular weight is 304 g/mol. The van der Waals surface area contributed by atoms with Gasteiger partial charge < -0.3 is 14.5 Å². The predicted molar refractivity (Wildman–Crippen MR) is 84.8 cm³/mol. The largest absolute Gasteiger partial charge is 0.373 e. The normalized spacial score (nSPS) is 21.9. The molecule has 1 aliphatic carbocycles. The van der Waals surface area contributed by atoms with Crippen molar-refractivity contribution >= 4 is 11.8 Å². The fourth-order valence-electron chi connectivity index (χ4n) is 2.80. The maximum Gasteiger partial charge on any atom is 0.323 e. The van der Waals surface area contributed by atoms with E-state index in [2.05, 4.69) is 22.2 Å². The second-order valence-electron chi connectivity index (χ2n) is 6.25. The summed E-state index contributed by atoms with van der Waals surface area (Å²) in [6, 6.07) is 5.38. The topological polar surface area (TPSA) is 57.7 Å². The van der Waals surface area contributed by atoms with Crippen LogP contribution < -0.4 is 5.32 Å². The highest BCUT2D eigenvalue weighted by atomic mass is 16.5. The smallest absolute Gasteiger partial charge is 0.323 e. The monoisotopic (exact) mass is 304 g/mol. The molecule has 6 nitrogen and oxygen atoms in total. The first-order valence-corrected chi connectivity index (χ1v) is 7.98. The minimum Gasteiger partial charge on any atom is -0.373 e. The van der Waals surface area contributed by atoms with Crippen molar-refractivity contribution in [3.8, 4) is 0 Å². The van der Waals surface area contributed by atoms with Gasteiger partial charge in [0.1, 0.15) is 5.82 Å². The van der Waals surface area contributed by atoms with Crippen LogP contribution in [0.5, 0.6) is 0 Å². The first-order chi connectivity index (χ1) is 10.7. The molecule has 0 radical (unpaired) electrons. The lowest BCUT2D eigenvalue weighted by atomic mass is 10.2. The lowest BCUT2D eigenvalue weighted by molar-refractivity contribution is -0.0261. The van der Waals surface area contributed by atoms with E-state index < -0.39 is 0 Å². The summed E-state index contributed by atoms with van der Waals surface area (Å²) in [5, 5.41) is 2.83. The van der Waals surface area contributed by atoms with Crippen LogP contribution in [0.2, 0.25) is 0 Å². The number of ether oxygens (including phenoxy) is 1. The number of pyridine rings is 1. The minimum absolute atomic E-state index is 0.0898. The SMILES string of the molecule is CN(CC1CC1)C[C@H]1CN(C(=O)Nc2ccccn2)CCO1. The molecule has 120 valence electrons. The summed E-state index contributed by atoms with van der Waals surface area (Å²) in [7, 11) is 2.13. The quantitative estimate of drug-likeness (QED) is 0.899. The molecular formula is C16H24N4O2. The van der Waals surface area contributed by atoms with Crippen molar-refractivity contribution in [1.29, 1.82) is 0 Å². The van der Waals surface area contributed by atoms with E-state index in [1.54, 1.807) is 12.3 Å². The highest BCUT2D eigenvalue weighted by Crippen LogP contribution is 2.29. The molecule has 2 aliphatic rings. The Balaban J connectivity index is 1.47. The van der Waals surface area contributed by atoms with Crippen molar-refractivity contribution in [3.63, 3.8) is 0 Å². The Kier molecular flexibility index (Phi) is 4.90. The van der Waals surface area contributed by atoms with Crippen molar-refractivity contribution in [2.45, 2.75) is 18.9 Å². The van der Waals surface area contributed by atoms with Crippen molar-refractivity contribution in [3.05, 3.63) is 24.4 Å². The van der Waals surface area contributed by atoms with E-state index in [0.29, 0.717) is 25.5 Å². The molecule has 1 atom stereocenters. The van der Waals surface area contributed by atoms with Gasteiger partial charge in [0.05, 0.1) is 12.7 Å². The first-order valence-electron chi connectivity index (χ1n) is 7.98. The maximum atomic E-state index is 12.3. The van der Waals surface area contributed by atoms with Crippen LogP contribution in [0.15, 0.2) is 24.4 Å². The number of morpholine rings is 1. The van der Waals surface area contributed by atoms with Gasteiger partial charge in [-0.25, -0.2) is 9.78 Å². The van der Waals surface area contributed by atoms with E-state index in [-0.39, 0.29) is 12.1 Å². The van der Waals surface area contributed by atoms with E-state index >= 15 is 0 Å². The fraction of sp³-hybridized carbons (Fsp3) is 0.625. The molecule has 1 saturated carbocycles. The molecule has 0 bridgehead atoms. The summed E-state index contributed by atoms with van der Waals surface area (Å²) in [6.45, 7) is 3.87. The Morgan fingerprint density at radius 1 is 1.45 bits per heavy atom. The number of nitrogens with zero attached hydrogens (tertiary/aromatic N) is 3. The number of likely N-dealkylation sites (N-methyl/N-ethyl adjacent to an activating group) is 1. The van der Waals surface area contributed by atoms with Crippen LogP contribution in [0.1, 0.15) is 12.8 Å². The molecule has 0 unspecified atom stereocenters. The van der Waals surface area contributed by atoms with Crippen LogP contribution in [0, 0.1) is 5.92 Å². The van der Waals surface area contributed by atoms with Crippen LogP contribution in [0.4, 0.5) is 10.6 Å². The summed E-state index contributed by atoms with van der Waals surface area (Å²) >= 11 is 0. The van der Waals surface area contributed by atoms with Gasteiger partial charge in [-0.15, -0.1) is 0 Å².